The van der Waals surface area contributed by atoms with E-state index < -0.39 is 5.91 Å². The first kappa shape index (κ1) is 17.6. The van der Waals surface area contributed by atoms with Gasteiger partial charge >= 0.3 is 0 Å². The summed E-state index contributed by atoms with van der Waals surface area (Å²) in [4.78, 5) is 12.1. The summed E-state index contributed by atoms with van der Waals surface area (Å²) in [7, 11) is 0. The zero-order chi connectivity index (χ0) is 17.5. The highest BCUT2D eigenvalue weighted by Crippen LogP contribution is 2.16. The van der Waals surface area contributed by atoms with E-state index in [1.807, 2.05) is 50.2 Å². The highest BCUT2D eigenvalue weighted by molar-refractivity contribution is 6.30. The van der Waals surface area contributed by atoms with Crippen molar-refractivity contribution in [2.45, 2.75) is 20.4 Å². The van der Waals surface area contributed by atoms with Gasteiger partial charge in [-0.2, -0.15) is 5.26 Å². The lowest BCUT2D eigenvalue weighted by atomic mass is 10.1. The number of aryl methyl sites for hydroxylation is 2. The number of hydrogen-bond acceptors (Lipinski definition) is 3. The molecular formula is C19H18ClN3O. The molecule has 0 spiro atoms. The number of carbonyl (C=O) groups is 1. The van der Waals surface area contributed by atoms with Gasteiger partial charge in [-0.15, -0.1) is 0 Å². The average molecular weight is 340 g/mol. The minimum absolute atomic E-state index is 0.0175. The molecule has 0 fully saturated rings. The predicted molar refractivity (Wildman–Crippen MR) is 96.5 cm³/mol. The van der Waals surface area contributed by atoms with Crippen molar-refractivity contribution in [3.05, 3.63) is 76.0 Å². The molecule has 122 valence electrons. The lowest BCUT2D eigenvalue weighted by molar-refractivity contribution is -0.117. The van der Waals surface area contributed by atoms with Crippen LogP contribution in [0.4, 0.5) is 5.69 Å². The normalized spacial score (nSPS) is 10.8. The van der Waals surface area contributed by atoms with Crippen molar-refractivity contribution in [1.82, 2.24) is 5.32 Å². The van der Waals surface area contributed by atoms with E-state index in [9.17, 15) is 10.1 Å². The molecule has 0 aromatic heterocycles. The predicted octanol–water partition coefficient (Wildman–Crippen LogP) is 4.09. The Kier molecular flexibility index (Phi) is 6.00. The van der Waals surface area contributed by atoms with Gasteiger partial charge in [0.15, 0.2) is 0 Å². The number of anilines is 1. The maximum absolute atomic E-state index is 12.1. The molecule has 0 aliphatic heterocycles. The van der Waals surface area contributed by atoms with Gasteiger partial charge in [-0.25, -0.2) is 0 Å². The standard InChI is InChI=1S/C19H18ClN3O/c1-13-3-8-18(14(2)9-13)22-12-16(10-21)19(24)23-11-15-4-6-17(20)7-5-15/h3-9,12,22H,11H2,1-2H3,(H,23,24)/b16-12-. The Hall–Kier alpha value is -2.77. The SMILES string of the molecule is Cc1ccc(N/C=C(/C#N)C(=O)NCc2ccc(Cl)cc2)c(C)c1. The van der Waals surface area contributed by atoms with Crippen LogP contribution >= 0.6 is 11.6 Å². The van der Waals surface area contributed by atoms with Gasteiger partial charge in [-0.05, 0) is 43.2 Å². The van der Waals surface area contributed by atoms with Gasteiger partial charge in [0.2, 0.25) is 0 Å². The van der Waals surface area contributed by atoms with E-state index in [4.69, 9.17) is 11.6 Å². The maximum Gasteiger partial charge on any atom is 0.263 e. The van der Waals surface area contributed by atoms with Crippen LogP contribution in [0.5, 0.6) is 0 Å². The summed E-state index contributed by atoms with van der Waals surface area (Å²) in [6, 6.07) is 15.0. The second-order valence-corrected chi connectivity index (χ2v) is 5.88. The Labute approximate surface area is 146 Å². The van der Waals surface area contributed by atoms with Crippen LogP contribution in [0.25, 0.3) is 0 Å². The molecule has 0 saturated heterocycles. The third kappa shape index (κ3) is 4.87. The number of nitrogens with one attached hydrogen (secondary N) is 2. The third-order valence-corrected chi connectivity index (χ3v) is 3.74. The number of nitrogens with zero attached hydrogens (tertiary/aromatic N) is 1. The van der Waals surface area contributed by atoms with Crippen LogP contribution in [0, 0.1) is 25.2 Å². The highest BCUT2D eigenvalue weighted by atomic mass is 35.5. The van der Waals surface area contributed by atoms with E-state index in [1.165, 1.54) is 6.20 Å². The summed E-state index contributed by atoms with van der Waals surface area (Å²) >= 11 is 5.82. The number of nitriles is 1. The van der Waals surface area contributed by atoms with Crippen molar-refractivity contribution < 1.29 is 4.79 Å². The maximum atomic E-state index is 12.1. The van der Waals surface area contributed by atoms with Crippen molar-refractivity contribution in [2.24, 2.45) is 0 Å². The van der Waals surface area contributed by atoms with Gasteiger partial charge in [0.05, 0.1) is 0 Å². The molecule has 4 nitrogen and oxygen atoms in total. The number of rotatable bonds is 5. The molecule has 0 radical (unpaired) electrons. The second kappa shape index (κ2) is 8.19. The largest absolute Gasteiger partial charge is 0.360 e. The molecular weight excluding hydrogens is 322 g/mol. The number of hydrogen-bond donors (Lipinski definition) is 2. The summed E-state index contributed by atoms with van der Waals surface area (Å²) in [5, 5.41) is 15.6. The van der Waals surface area contributed by atoms with Crippen LogP contribution in [0.1, 0.15) is 16.7 Å². The summed E-state index contributed by atoms with van der Waals surface area (Å²) < 4.78 is 0. The Morgan fingerprint density at radius 2 is 1.92 bits per heavy atom. The van der Waals surface area contributed by atoms with Crippen LogP contribution in [0.2, 0.25) is 5.02 Å². The third-order valence-electron chi connectivity index (χ3n) is 3.49. The fraction of sp³-hybridized carbons (Fsp3) is 0.158. The Morgan fingerprint density at radius 3 is 2.54 bits per heavy atom. The topological polar surface area (TPSA) is 64.9 Å². The van der Waals surface area contributed by atoms with Crippen LogP contribution < -0.4 is 10.6 Å². The molecule has 5 heteroatoms. The molecule has 0 heterocycles. The van der Waals surface area contributed by atoms with E-state index in [0.29, 0.717) is 11.6 Å². The summed E-state index contributed by atoms with van der Waals surface area (Å²) in [5.74, 6) is -0.426. The smallest absolute Gasteiger partial charge is 0.263 e. The van der Waals surface area contributed by atoms with Crippen LogP contribution in [0.3, 0.4) is 0 Å². The molecule has 0 atom stereocenters. The number of benzene rings is 2. The van der Waals surface area contributed by atoms with Crippen molar-refractivity contribution in [3.8, 4) is 6.07 Å². The molecule has 0 saturated carbocycles. The molecule has 2 N–H and O–H groups in total. The summed E-state index contributed by atoms with van der Waals surface area (Å²) in [5.41, 5.74) is 3.99. The lowest BCUT2D eigenvalue weighted by Crippen LogP contribution is -2.24. The van der Waals surface area contributed by atoms with Gasteiger partial charge in [-0.3, -0.25) is 4.79 Å². The Balaban J connectivity index is 2.00. The number of halogens is 1. The highest BCUT2D eigenvalue weighted by Gasteiger charge is 2.08. The molecule has 24 heavy (non-hydrogen) atoms. The second-order valence-electron chi connectivity index (χ2n) is 5.44. The van der Waals surface area contributed by atoms with Gasteiger partial charge in [-0.1, -0.05) is 41.4 Å². The Bertz CT molecular complexity index is 804. The molecule has 0 aliphatic rings. The van der Waals surface area contributed by atoms with Crippen LogP contribution in [-0.2, 0) is 11.3 Å². The van der Waals surface area contributed by atoms with Gasteiger partial charge in [0.25, 0.3) is 5.91 Å². The first-order chi connectivity index (χ1) is 11.5. The van der Waals surface area contributed by atoms with E-state index in [1.54, 1.807) is 12.1 Å². The molecule has 0 aliphatic carbocycles. The van der Waals surface area contributed by atoms with E-state index in [0.717, 1.165) is 22.4 Å². The molecule has 2 rings (SSSR count). The van der Waals surface area contributed by atoms with Gasteiger partial charge < -0.3 is 10.6 Å². The lowest BCUT2D eigenvalue weighted by Gasteiger charge is -2.08. The zero-order valence-corrected chi connectivity index (χ0v) is 14.3. The van der Waals surface area contributed by atoms with Gasteiger partial charge in [0.1, 0.15) is 11.6 Å². The Morgan fingerprint density at radius 1 is 1.21 bits per heavy atom. The molecule has 0 bridgehead atoms. The zero-order valence-electron chi connectivity index (χ0n) is 13.6. The quantitative estimate of drug-likeness (QED) is 0.637. The van der Waals surface area contributed by atoms with Crippen molar-refractivity contribution in [3.63, 3.8) is 0 Å². The minimum Gasteiger partial charge on any atom is -0.360 e. The molecule has 2 aromatic carbocycles. The van der Waals surface area contributed by atoms with E-state index in [-0.39, 0.29) is 5.57 Å². The molecule has 2 aromatic rings. The average Bonchev–Trinajstić information content (AvgIpc) is 2.56. The van der Waals surface area contributed by atoms with Crippen molar-refractivity contribution in [1.29, 1.82) is 5.26 Å². The minimum atomic E-state index is -0.426. The fourth-order valence-corrected chi connectivity index (χ4v) is 2.28. The van der Waals surface area contributed by atoms with Crippen LogP contribution in [0.15, 0.2) is 54.2 Å². The summed E-state index contributed by atoms with van der Waals surface area (Å²) in [6.45, 7) is 4.31. The molecule has 0 unspecified atom stereocenters. The van der Waals surface area contributed by atoms with Crippen LogP contribution in [-0.4, -0.2) is 5.91 Å². The monoisotopic (exact) mass is 339 g/mol. The van der Waals surface area contributed by atoms with Crippen molar-refractivity contribution in [2.75, 3.05) is 5.32 Å². The van der Waals surface area contributed by atoms with E-state index >= 15 is 0 Å². The number of carbonyl (C=O) groups excluding carboxylic acids is 1. The summed E-state index contributed by atoms with van der Waals surface area (Å²) in [6.07, 6.45) is 1.43. The number of amides is 1. The van der Waals surface area contributed by atoms with Gasteiger partial charge in [0, 0.05) is 23.5 Å². The van der Waals surface area contributed by atoms with Crippen molar-refractivity contribution >= 4 is 23.2 Å². The first-order valence-corrected chi connectivity index (χ1v) is 7.84. The van der Waals surface area contributed by atoms with E-state index in [2.05, 4.69) is 10.6 Å². The first-order valence-electron chi connectivity index (χ1n) is 7.46. The fourth-order valence-electron chi connectivity index (χ4n) is 2.15. The molecule has 1 amide bonds.